The minimum Gasteiger partial charge on any atom is -0.334 e. The third-order valence-corrected chi connectivity index (χ3v) is 3.90. The summed E-state index contributed by atoms with van der Waals surface area (Å²) in [5, 5.41) is 2.31. The summed E-state index contributed by atoms with van der Waals surface area (Å²) in [7, 11) is 2.18. The van der Waals surface area contributed by atoms with E-state index in [0.717, 1.165) is 37.1 Å². The molecule has 19 heavy (non-hydrogen) atoms. The molecule has 0 aliphatic carbocycles. The van der Waals surface area contributed by atoms with Crippen LogP contribution in [-0.4, -0.2) is 44.0 Å². The number of amides is 1. The van der Waals surface area contributed by atoms with Crippen LogP contribution in [0.15, 0.2) is 42.5 Å². The average Bonchev–Trinajstić information content (AvgIpc) is 2.47. The van der Waals surface area contributed by atoms with E-state index in [0.29, 0.717) is 0 Å². The SMILES string of the molecule is C[NH+]1CCN(C(=O)c2ccc3ccccc3c2)CC1. The first kappa shape index (κ1) is 12.2. The van der Waals surface area contributed by atoms with E-state index >= 15 is 0 Å². The van der Waals surface area contributed by atoms with Gasteiger partial charge >= 0.3 is 0 Å². The second kappa shape index (κ2) is 5.02. The average molecular weight is 255 g/mol. The number of nitrogens with zero attached hydrogens (tertiary/aromatic N) is 1. The van der Waals surface area contributed by atoms with Crippen molar-refractivity contribution in [3.8, 4) is 0 Å². The summed E-state index contributed by atoms with van der Waals surface area (Å²) in [6.45, 7) is 3.80. The Morgan fingerprint density at radius 2 is 1.74 bits per heavy atom. The van der Waals surface area contributed by atoms with Gasteiger partial charge in [0.25, 0.3) is 5.91 Å². The summed E-state index contributed by atoms with van der Waals surface area (Å²) in [5.41, 5.74) is 0.804. The molecule has 1 N–H and O–H groups in total. The smallest absolute Gasteiger partial charge is 0.254 e. The molecule has 1 heterocycles. The molecule has 0 radical (unpaired) electrons. The van der Waals surface area contributed by atoms with E-state index in [4.69, 9.17) is 0 Å². The fraction of sp³-hybridized carbons (Fsp3) is 0.312. The monoisotopic (exact) mass is 255 g/mol. The number of fused-ring (bicyclic) bond motifs is 1. The van der Waals surface area contributed by atoms with Crippen molar-refractivity contribution in [2.24, 2.45) is 0 Å². The maximum atomic E-state index is 12.5. The van der Waals surface area contributed by atoms with Gasteiger partial charge in [0.1, 0.15) is 0 Å². The molecule has 2 aromatic rings. The van der Waals surface area contributed by atoms with Crippen molar-refractivity contribution >= 4 is 16.7 Å². The molecule has 0 unspecified atom stereocenters. The van der Waals surface area contributed by atoms with E-state index in [1.165, 1.54) is 10.3 Å². The third-order valence-electron chi connectivity index (χ3n) is 3.90. The van der Waals surface area contributed by atoms with Crippen molar-refractivity contribution in [3.63, 3.8) is 0 Å². The normalized spacial score (nSPS) is 16.8. The molecule has 2 aromatic carbocycles. The Bertz CT molecular complexity index is 600. The molecule has 1 aliphatic rings. The van der Waals surface area contributed by atoms with E-state index in [1.54, 1.807) is 0 Å². The highest BCUT2D eigenvalue weighted by Gasteiger charge is 2.22. The summed E-state index contributed by atoms with van der Waals surface area (Å²) < 4.78 is 0. The van der Waals surface area contributed by atoms with Crippen molar-refractivity contribution in [1.82, 2.24) is 4.90 Å². The first-order valence-electron chi connectivity index (χ1n) is 6.83. The molecule has 3 rings (SSSR count). The number of hydrogen-bond donors (Lipinski definition) is 1. The first-order chi connectivity index (χ1) is 9.24. The van der Waals surface area contributed by atoms with Crippen molar-refractivity contribution in [2.45, 2.75) is 0 Å². The van der Waals surface area contributed by atoms with Crippen LogP contribution >= 0.6 is 0 Å². The van der Waals surface area contributed by atoms with Crippen molar-refractivity contribution in [3.05, 3.63) is 48.0 Å². The van der Waals surface area contributed by atoms with Crippen molar-refractivity contribution in [1.29, 1.82) is 0 Å². The van der Waals surface area contributed by atoms with Crippen LogP contribution in [-0.2, 0) is 0 Å². The van der Waals surface area contributed by atoms with Gasteiger partial charge in [-0.05, 0) is 22.9 Å². The summed E-state index contributed by atoms with van der Waals surface area (Å²) in [4.78, 5) is 15.9. The molecule has 1 saturated heterocycles. The molecule has 0 saturated carbocycles. The van der Waals surface area contributed by atoms with E-state index in [-0.39, 0.29) is 5.91 Å². The summed E-state index contributed by atoms with van der Waals surface area (Å²) in [6.07, 6.45) is 0. The van der Waals surface area contributed by atoms with Crippen LogP contribution < -0.4 is 4.90 Å². The Hall–Kier alpha value is -1.87. The quantitative estimate of drug-likeness (QED) is 0.801. The molecule has 0 spiro atoms. The minimum absolute atomic E-state index is 0.165. The minimum atomic E-state index is 0.165. The zero-order valence-corrected chi connectivity index (χ0v) is 11.2. The van der Waals surface area contributed by atoms with Crippen LogP contribution in [0.1, 0.15) is 10.4 Å². The summed E-state index contributed by atoms with van der Waals surface area (Å²) in [5.74, 6) is 0.165. The van der Waals surface area contributed by atoms with Gasteiger partial charge in [0, 0.05) is 5.56 Å². The summed E-state index contributed by atoms with van der Waals surface area (Å²) >= 11 is 0. The van der Waals surface area contributed by atoms with E-state index < -0.39 is 0 Å². The number of benzene rings is 2. The van der Waals surface area contributed by atoms with Crippen molar-refractivity contribution < 1.29 is 9.69 Å². The second-order valence-corrected chi connectivity index (χ2v) is 5.31. The molecular formula is C16H19N2O+. The van der Waals surface area contributed by atoms with Crippen LogP contribution in [0.2, 0.25) is 0 Å². The number of carbonyl (C=O) groups excluding carboxylic acids is 1. The molecule has 3 heteroatoms. The number of hydrogen-bond acceptors (Lipinski definition) is 1. The molecule has 0 aromatic heterocycles. The van der Waals surface area contributed by atoms with Gasteiger partial charge in [-0.3, -0.25) is 4.79 Å². The maximum Gasteiger partial charge on any atom is 0.254 e. The molecule has 1 aliphatic heterocycles. The third kappa shape index (κ3) is 2.47. The number of rotatable bonds is 1. The number of nitrogens with one attached hydrogen (secondary N) is 1. The van der Waals surface area contributed by atoms with Crippen LogP contribution in [0, 0.1) is 0 Å². The molecule has 0 atom stereocenters. The second-order valence-electron chi connectivity index (χ2n) is 5.31. The van der Waals surface area contributed by atoms with Gasteiger partial charge < -0.3 is 9.80 Å². The molecule has 1 amide bonds. The Balaban J connectivity index is 1.85. The first-order valence-corrected chi connectivity index (χ1v) is 6.83. The lowest BCUT2D eigenvalue weighted by Crippen LogP contribution is -3.12. The topological polar surface area (TPSA) is 24.8 Å². The summed E-state index contributed by atoms with van der Waals surface area (Å²) in [6, 6.07) is 14.1. The van der Waals surface area contributed by atoms with E-state index in [2.05, 4.69) is 19.2 Å². The highest BCUT2D eigenvalue weighted by Crippen LogP contribution is 2.16. The molecule has 0 bridgehead atoms. The molecule has 3 nitrogen and oxygen atoms in total. The Morgan fingerprint density at radius 3 is 2.47 bits per heavy atom. The van der Waals surface area contributed by atoms with Crippen LogP contribution in [0.3, 0.4) is 0 Å². The van der Waals surface area contributed by atoms with Gasteiger partial charge in [0.15, 0.2) is 0 Å². The lowest BCUT2D eigenvalue weighted by molar-refractivity contribution is -0.883. The van der Waals surface area contributed by atoms with Crippen LogP contribution in [0.25, 0.3) is 10.8 Å². The zero-order chi connectivity index (χ0) is 13.2. The fourth-order valence-corrected chi connectivity index (χ4v) is 2.60. The van der Waals surface area contributed by atoms with Crippen LogP contribution in [0.5, 0.6) is 0 Å². The Labute approximate surface area is 113 Å². The fourth-order valence-electron chi connectivity index (χ4n) is 2.60. The standard InChI is InChI=1S/C16H18N2O/c1-17-8-10-18(11-9-17)16(19)15-7-6-13-4-2-3-5-14(13)12-15/h2-7,12H,8-11H2,1H3/p+1. The van der Waals surface area contributed by atoms with Gasteiger partial charge in [-0.25, -0.2) is 0 Å². The predicted molar refractivity (Wildman–Crippen MR) is 76.5 cm³/mol. The molecule has 98 valence electrons. The maximum absolute atomic E-state index is 12.5. The number of quaternary nitrogens is 1. The number of carbonyl (C=O) groups is 1. The van der Waals surface area contributed by atoms with Gasteiger partial charge in [-0.15, -0.1) is 0 Å². The van der Waals surface area contributed by atoms with Crippen molar-refractivity contribution in [2.75, 3.05) is 33.2 Å². The molecule has 1 fully saturated rings. The van der Waals surface area contributed by atoms with Gasteiger partial charge in [0.2, 0.25) is 0 Å². The van der Waals surface area contributed by atoms with Crippen LogP contribution in [0.4, 0.5) is 0 Å². The van der Waals surface area contributed by atoms with E-state index in [1.807, 2.05) is 35.2 Å². The van der Waals surface area contributed by atoms with Gasteiger partial charge in [0.05, 0.1) is 33.2 Å². The number of likely N-dealkylation sites (N-methyl/N-ethyl adjacent to an activating group) is 1. The van der Waals surface area contributed by atoms with Gasteiger partial charge in [-0.2, -0.15) is 0 Å². The lowest BCUT2D eigenvalue weighted by atomic mass is 10.1. The largest absolute Gasteiger partial charge is 0.334 e. The van der Waals surface area contributed by atoms with E-state index in [9.17, 15) is 4.79 Å². The highest BCUT2D eigenvalue weighted by molar-refractivity contribution is 5.98. The highest BCUT2D eigenvalue weighted by atomic mass is 16.2. The molecular weight excluding hydrogens is 236 g/mol. The van der Waals surface area contributed by atoms with Gasteiger partial charge in [-0.1, -0.05) is 30.3 Å². The predicted octanol–water partition coefficient (Wildman–Crippen LogP) is 0.810. The zero-order valence-electron chi connectivity index (χ0n) is 11.2. The Morgan fingerprint density at radius 1 is 1.05 bits per heavy atom. The Kier molecular flexibility index (Phi) is 3.22. The number of piperazine rings is 1. The lowest BCUT2D eigenvalue weighted by Gasteiger charge is -2.30.